The van der Waals surface area contributed by atoms with E-state index >= 15 is 0 Å². The normalized spacial score (nSPS) is 11.6. The van der Waals surface area contributed by atoms with Crippen LogP contribution in [0, 0.1) is 18.2 Å². The number of pyridine rings is 1. The van der Waals surface area contributed by atoms with Gasteiger partial charge in [-0.25, -0.2) is 0 Å². The summed E-state index contributed by atoms with van der Waals surface area (Å²) in [7, 11) is 0. The van der Waals surface area contributed by atoms with Gasteiger partial charge in [-0.2, -0.15) is 0 Å². The molecule has 1 radical (unpaired) electrons. The van der Waals surface area contributed by atoms with Crippen LogP contribution in [0.25, 0.3) is 61.5 Å². The van der Waals surface area contributed by atoms with Gasteiger partial charge in [0.05, 0.1) is 16.9 Å². The van der Waals surface area contributed by atoms with E-state index in [1.54, 1.807) is 4.40 Å². The van der Waals surface area contributed by atoms with Crippen molar-refractivity contribution in [2.45, 2.75) is 77.1 Å². The summed E-state index contributed by atoms with van der Waals surface area (Å²) in [5.41, 5.74) is 13.7. The van der Waals surface area contributed by atoms with Gasteiger partial charge < -0.3 is 8.98 Å². The molecule has 6 heteroatoms. The molecule has 0 spiro atoms. The van der Waals surface area contributed by atoms with Crippen LogP contribution in [-0.2, 0) is 26.5 Å². The third kappa shape index (κ3) is 9.12. The minimum atomic E-state index is -1.86. The molecule has 0 aliphatic rings. The number of imidazole rings is 1. The largest absolute Gasteiger partial charge is 0.557 e. The molecule has 8 aromatic rings. The number of nitrogens with zero attached hydrogens (tertiary/aromatic N) is 3. The molecule has 4 nitrogen and oxygen atoms in total. The van der Waals surface area contributed by atoms with Crippen molar-refractivity contribution in [3.8, 4) is 39.5 Å². The molecule has 0 atom stereocenters. The molecule has 3 heterocycles. The zero-order valence-corrected chi connectivity index (χ0v) is 39.1. The number of furan rings is 1. The molecule has 0 saturated carbocycles. The van der Waals surface area contributed by atoms with Crippen molar-refractivity contribution in [2.75, 3.05) is 0 Å². The van der Waals surface area contributed by atoms with E-state index in [-0.39, 0.29) is 20.1 Å². The summed E-state index contributed by atoms with van der Waals surface area (Å²) >= 11 is -1.86. The predicted molar refractivity (Wildman–Crippen MR) is 239 cm³/mol. The van der Waals surface area contributed by atoms with Crippen LogP contribution in [0.3, 0.4) is 0 Å². The molecule has 5 aromatic carbocycles. The number of fused-ring (bicyclic) bond motifs is 2. The van der Waals surface area contributed by atoms with Crippen LogP contribution >= 0.6 is 0 Å². The molecule has 8 rings (SSSR count). The summed E-state index contributed by atoms with van der Waals surface area (Å²) in [5.74, 6) is 9.49. The van der Waals surface area contributed by atoms with Gasteiger partial charge in [-0.1, -0.05) is 99.3 Å². The first-order valence-electron chi connectivity index (χ1n) is 20.0. The molecule has 0 unspecified atom stereocenters. The average Bonchev–Trinajstić information content (AvgIpc) is 3.79. The summed E-state index contributed by atoms with van der Waals surface area (Å²) in [6.07, 6.45) is 6.45. The van der Waals surface area contributed by atoms with Crippen LogP contribution in [-0.4, -0.2) is 27.8 Å². The van der Waals surface area contributed by atoms with E-state index < -0.39 is 13.3 Å². The van der Waals surface area contributed by atoms with Gasteiger partial charge in [0.1, 0.15) is 0 Å². The van der Waals surface area contributed by atoms with E-state index in [2.05, 4.69) is 161 Å². The Morgan fingerprint density at radius 2 is 1.37 bits per heavy atom. The fraction of sp³-hybridized carbons (Fsp3) is 0.255. The predicted octanol–water partition coefficient (Wildman–Crippen LogP) is 13.4. The van der Waals surface area contributed by atoms with Gasteiger partial charge >= 0.3 is 126 Å². The molecule has 3 aromatic heterocycles. The third-order valence-electron chi connectivity index (χ3n) is 10.4. The SMILES string of the molecule is CC(C)Cc1cc(-c2[c-]cccc2)nc[c]1[Ge]([CH3])([CH3])[CH3].CC(C)c1cc(-c2ccccc2)cc(C(C)C)c1-n1c(-c2[c-]oc3ccccc23)nc2ccccc21.[Ir]. The number of para-hydroxylation sites is 3. The molecular weight excluding hydrogens is 935 g/mol. The van der Waals surface area contributed by atoms with Gasteiger partial charge in [-0.15, -0.1) is 6.07 Å². The first-order valence-corrected chi connectivity index (χ1v) is 27.3. The molecule has 293 valence electrons. The second kappa shape index (κ2) is 17.9. The van der Waals surface area contributed by atoms with Gasteiger partial charge in [0.2, 0.25) is 0 Å². The maximum atomic E-state index is 5.84. The Morgan fingerprint density at radius 1 is 0.719 bits per heavy atom. The number of rotatable bonds is 9. The fourth-order valence-corrected chi connectivity index (χ4v) is 10.9. The van der Waals surface area contributed by atoms with Crippen LogP contribution in [0.1, 0.15) is 70.1 Å². The standard InChI is InChI=1S/C33H29N2O.C18H24GeN.Ir/c1-21(2)26-18-24(23-12-6-5-7-13-23)19-27(22(3)4)32(26)35-30-16-10-9-15-29(30)34-33(35)28-20-36-31-17-11-8-14-25(28)31;1-14(2)11-16-12-18(15-9-7-6-8-10-15)20-13-17(16)19(3,4)5;/h5-19,21-22H,1-4H3;6-9,12-14H,11H2,1-5H3;/q2*-1;. The van der Waals surface area contributed by atoms with Crippen molar-refractivity contribution in [2.24, 2.45) is 5.92 Å². The Kier molecular flexibility index (Phi) is 13.2. The fourth-order valence-electron chi connectivity index (χ4n) is 7.61. The summed E-state index contributed by atoms with van der Waals surface area (Å²) < 4.78 is 9.72. The number of hydrogen-bond donors (Lipinski definition) is 0. The second-order valence-corrected chi connectivity index (χ2v) is 27.4. The summed E-state index contributed by atoms with van der Waals surface area (Å²) in [5, 5.41) is 1.02. The Hall–Kier alpha value is -4.55. The first kappa shape index (κ1) is 42.1. The summed E-state index contributed by atoms with van der Waals surface area (Å²) in [4.78, 5) is 9.83. The number of benzene rings is 5. The molecule has 0 aliphatic carbocycles. The minimum Gasteiger partial charge on any atom is -0.557 e. The van der Waals surface area contributed by atoms with Crippen molar-refractivity contribution >= 4 is 39.7 Å². The van der Waals surface area contributed by atoms with Crippen LogP contribution in [0.2, 0.25) is 17.3 Å². The topological polar surface area (TPSA) is 43.9 Å². The van der Waals surface area contributed by atoms with Crippen LogP contribution in [0.4, 0.5) is 0 Å². The first-order chi connectivity index (χ1) is 26.9. The quantitative estimate of drug-likeness (QED) is 0.107. The van der Waals surface area contributed by atoms with Gasteiger partial charge in [-0.3, -0.25) is 4.98 Å². The van der Waals surface area contributed by atoms with E-state index in [9.17, 15) is 0 Å². The van der Waals surface area contributed by atoms with Crippen LogP contribution < -0.4 is 4.40 Å². The minimum absolute atomic E-state index is 0. The summed E-state index contributed by atoms with van der Waals surface area (Å²) in [6, 6.07) is 45.5. The molecule has 57 heavy (non-hydrogen) atoms. The smallest absolute Gasteiger partial charge is 0.0774 e. The third-order valence-corrected chi connectivity index (χ3v) is 14.7. The Labute approximate surface area is 355 Å². The zero-order valence-electron chi connectivity index (χ0n) is 34.6. The molecule has 0 saturated heterocycles. The van der Waals surface area contributed by atoms with Crippen LogP contribution in [0.15, 0.2) is 132 Å². The maximum Gasteiger partial charge on any atom is 0.0774 e. The molecule has 0 aliphatic heterocycles. The zero-order chi connectivity index (χ0) is 39.6. The number of hydrogen-bond acceptors (Lipinski definition) is 3. The van der Waals surface area contributed by atoms with Crippen molar-refractivity contribution in [1.82, 2.24) is 14.5 Å². The Morgan fingerprint density at radius 3 is 2.02 bits per heavy atom. The van der Waals surface area contributed by atoms with Crippen molar-refractivity contribution in [3.63, 3.8) is 0 Å². The van der Waals surface area contributed by atoms with E-state index in [1.165, 1.54) is 33.5 Å². The Bertz CT molecular complexity index is 2550. The molecule has 0 fully saturated rings. The summed E-state index contributed by atoms with van der Waals surface area (Å²) in [6.45, 7) is 13.7. The van der Waals surface area contributed by atoms with Crippen molar-refractivity contribution in [1.29, 1.82) is 0 Å². The van der Waals surface area contributed by atoms with E-state index in [0.717, 1.165) is 51.1 Å². The van der Waals surface area contributed by atoms with Crippen molar-refractivity contribution < 1.29 is 24.5 Å². The number of aromatic nitrogens is 3. The molecule has 0 amide bonds. The average molecular weight is 989 g/mol. The van der Waals surface area contributed by atoms with Gasteiger partial charge in [0.25, 0.3) is 0 Å². The van der Waals surface area contributed by atoms with Crippen LogP contribution in [0.5, 0.6) is 0 Å². The van der Waals surface area contributed by atoms with E-state index in [1.807, 2.05) is 42.5 Å². The second-order valence-electron chi connectivity index (χ2n) is 16.9. The van der Waals surface area contributed by atoms with Gasteiger partial charge in [0, 0.05) is 37.6 Å². The van der Waals surface area contributed by atoms with Gasteiger partial charge in [-0.05, 0) is 58.4 Å². The van der Waals surface area contributed by atoms with Gasteiger partial charge in [0.15, 0.2) is 0 Å². The Balaban J connectivity index is 0.000000223. The molecular formula is C51H53GeIrN3O-2. The van der Waals surface area contributed by atoms with E-state index in [4.69, 9.17) is 14.4 Å². The van der Waals surface area contributed by atoms with E-state index in [0.29, 0.717) is 17.8 Å². The molecule has 0 N–H and O–H groups in total. The maximum absolute atomic E-state index is 5.84. The monoisotopic (exact) mass is 990 g/mol. The van der Waals surface area contributed by atoms with Crippen molar-refractivity contribution in [3.05, 3.63) is 157 Å². The molecule has 0 bridgehead atoms.